The summed E-state index contributed by atoms with van der Waals surface area (Å²) in [6.45, 7) is 7.94. The largest absolute Gasteiger partial charge is 0.396 e. The molecule has 1 atom stereocenters. The molecule has 3 aliphatic rings. The highest BCUT2D eigenvalue weighted by Gasteiger charge is 2.29. The number of nitrogens with zero attached hydrogens (tertiary/aromatic N) is 3. The van der Waals surface area contributed by atoms with Gasteiger partial charge in [-0.25, -0.2) is 0 Å². The van der Waals surface area contributed by atoms with E-state index >= 15 is 0 Å². The maximum Gasteiger partial charge on any atom is 0.222 e. The Bertz CT molecular complexity index is 390. The number of hydrogen-bond donors (Lipinski definition) is 1. The van der Waals surface area contributed by atoms with Gasteiger partial charge < -0.3 is 14.9 Å². The number of rotatable bonds is 6. The summed E-state index contributed by atoms with van der Waals surface area (Å²) in [4.78, 5) is 19.6. The van der Waals surface area contributed by atoms with Crippen LogP contribution in [0.15, 0.2) is 0 Å². The number of aliphatic hydroxyl groups excluding tert-OH is 1. The summed E-state index contributed by atoms with van der Waals surface area (Å²) in [6.07, 6.45) is 8.99. The van der Waals surface area contributed by atoms with Gasteiger partial charge >= 0.3 is 0 Å². The van der Waals surface area contributed by atoms with E-state index in [0.29, 0.717) is 24.5 Å². The first-order valence-corrected chi connectivity index (χ1v) is 10.1. The lowest BCUT2D eigenvalue weighted by atomic mass is 9.94. The van der Waals surface area contributed by atoms with Crippen LogP contribution in [0.3, 0.4) is 0 Å². The van der Waals surface area contributed by atoms with E-state index in [2.05, 4.69) is 14.7 Å². The molecule has 1 N–H and O–H groups in total. The van der Waals surface area contributed by atoms with Gasteiger partial charge in [-0.05, 0) is 77.0 Å². The Morgan fingerprint density at radius 2 is 1.71 bits per heavy atom. The van der Waals surface area contributed by atoms with Crippen LogP contribution in [0.25, 0.3) is 0 Å². The molecule has 3 rings (SSSR count). The third-order valence-corrected chi connectivity index (χ3v) is 6.21. The predicted molar refractivity (Wildman–Crippen MR) is 95.9 cm³/mol. The normalized spacial score (nSPS) is 27.7. The molecule has 0 aromatic rings. The van der Waals surface area contributed by atoms with Crippen molar-refractivity contribution in [3.63, 3.8) is 0 Å². The summed E-state index contributed by atoms with van der Waals surface area (Å²) in [7, 11) is 0. The molecule has 138 valence electrons. The highest BCUT2D eigenvalue weighted by atomic mass is 16.3. The zero-order chi connectivity index (χ0) is 16.8. The van der Waals surface area contributed by atoms with Crippen molar-refractivity contribution in [3.05, 3.63) is 0 Å². The Morgan fingerprint density at radius 1 is 0.958 bits per heavy atom. The van der Waals surface area contributed by atoms with Gasteiger partial charge in [0.05, 0.1) is 0 Å². The molecule has 1 amide bonds. The van der Waals surface area contributed by atoms with Gasteiger partial charge in [0.1, 0.15) is 0 Å². The molecule has 0 aliphatic carbocycles. The highest BCUT2D eigenvalue weighted by Crippen LogP contribution is 2.24. The summed E-state index contributed by atoms with van der Waals surface area (Å²) >= 11 is 0. The fraction of sp³-hybridized carbons (Fsp3) is 0.947. The van der Waals surface area contributed by atoms with Gasteiger partial charge in [-0.2, -0.15) is 0 Å². The van der Waals surface area contributed by atoms with Crippen LogP contribution >= 0.6 is 0 Å². The second-order valence-electron chi connectivity index (χ2n) is 7.95. The van der Waals surface area contributed by atoms with Crippen LogP contribution in [0.2, 0.25) is 0 Å². The molecule has 3 heterocycles. The van der Waals surface area contributed by atoms with Crippen LogP contribution in [0.4, 0.5) is 0 Å². The fourth-order valence-electron chi connectivity index (χ4n) is 4.68. The van der Waals surface area contributed by atoms with Gasteiger partial charge in [0.2, 0.25) is 5.91 Å². The monoisotopic (exact) mass is 337 g/mol. The zero-order valence-electron chi connectivity index (χ0n) is 15.2. The molecule has 3 fully saturated rings. The standard InChI is InChI=1S/C19H35N3O2/c23-16-17-5-3-12-22(15-17)18-7-13-21(14-8-18)19(24)6-4-11-20-9-1-2-10-20/h17-18,23H,1-16H2/t17-/m1/s1. The van der Waals surface area contributed by atoms with E-state index in [-0.39, 0.29) is 0 Å². The van der Waals surface area contributed by atoms with Gasteiger partial charge in [-0.1, -0.05) is 0 Å². The van der Waals surface area contributed by atoms with Crippen LogP contribution in [0.5, 0.6) is 0 Å². The van der Waals surface area contributed by atoms with Gasteiger partial charge in [0.15, 0.2) is 0 Å². The smallest absolute Gasteiger partial charge is 0.222 e. The molecule has 0 aromatic heterocycles. The van der Waals surface area contributed by atoms with Crippen LogP contribution in [-0.2, 0) is 4.79 Å². The summed E-state index contributed by atoms with van der Waals surface area (Å²) in [5.74, 6) is 0.823. The van der Waals surface area contributed by atoms with Crippen molar-refractivity contribution < 1.29 is 9.90 Å². The first kappa shape index (κ1) is 18.2. The Kier molecular flexibility index (Phi) is 6.93. The fourth-order valence-corrected chi connectivity index (χ4v) is 4.68. The lowest BCUT2D eigenvalue weighted by Gasteiger charge is -2.42. The van der Waals surface area contributed by atoms with E-state index in [1.807, 2.05) is 0 Å². The van der Waals surface area contributed by atoms with Crippen LogP contribution in [0.1, 0.15) is 51.4 Å². The van der Waals surface area contributed by atoms with Crippen molar-refractivity contribution in [2.75, 3.05) is 52.4 Å². The molecule has 3 saturated heterocycles. The third kappa shape index (κ3) is 4.93. The minimum atomic E-state index is 0.324. The molecule has 5 heteroatoms. The zero-order valence-corrected chi connectivity index (χ0v) is 15.2. The highest BCUT2D eigenvalue weighted by molar-refractivity contribution is 5.76. The Labute approximate surface area is 147 Å². The number of hydrogen-bond acceptors (Lipinski definition) is 4. The number of amides is 1. The van der Waals surface area contributed by atoms with Gasteiger partial charge in [0.25, 0.3) is 0 Å². The molecular formula is C19H35N3O2. The molecule has 0 unspecified atom stereocenters. The first-order valence-electron chi connectivity index (χ1n) is 10.1. The molecule has 3 aliphatic heterocycles. The molecule has 0 radical (unpaired) electrons. The van der Waals surface area contributed by atoms with Crippen molar-refractivity contribution in [1.29, 1.82) is 0 Å². The van der Waals surface area contributed by atoms with Gasteiger partial charge in [-0.15, -0.1) is 0 Å². The molecule has 0 saturated carbocycles. The van der Waals surface area contributed by atoms with Crippen molar-refractivity contribution in [2.45, 2.75) is 57.4 Å². The number of aliphatic hydroxyl groups is 1. The molecular weight excluding hydrogens is 302 g/mol. The van der Waals surface area contributed by atoms with E-state index < -0.39 is 0 Å². The van der Waals surface area contributed by atoms with Crippen molar-refractivity contribution >= 4 is 5.91 Å². The average molecular weight is 338 g/mol. The van der Waals surface area contributed by atoms with Gasteiger partial charge in [0, 0.05) is 38.7 Å². The average Bonchev–Trinajstić information content (AvgIpc) is 3.15. The Hall–Kier alpha value is -0.650. The molecule has 5 nitrogen and oxygen atoms in total. The maximum absolute atomic E-state index is 12.4. The van der Waals surface area contributed by atoms with E-state index in [0.717, 1.165) is 51.9 Å². The molecule has 0 bridgehead atoms. The predicted octanol–water partition coefficient (Wildman–Crippen LogP) is 1.56. The second-order valence-corrected chi connectivity index (χ2v) is 7.95. The van der Waals surface area contributed by atoms with Crippen LogP contribution in [0, 0.1) is 5.92 Å². The summed E-state index contributed by atoms with van der Waals surface area (Å²) in [6, 6.07) is 0.619. The van der Waals surface area contributed by atoms with E-state index in [9.17, 15) is 9.90 Å². The number of likely N-dealkylation sites (tertiary alicyclic amines) is 3. The van der Waals surface area contributed by atoms with E-state index in [1.165, 1.54) is 45.3 Å². The van der Waals surface area contributed by atoms with E-state index in [4.69, 9.17) is 0 Å². The Morgan fingerprint density at radius 3 is 2.42 bits per heavy atom. The lowest BCUT2D eigenvalue weighted by molar-refractivity contribution is -0.133. The summed E-state index contributed by atoms with van der Waals surface area (Å²) < 4.78 is 0. The van der Waals surface area contributed by atoms with E-state index in [1.54, 1.807) is 0 Å². The number of carbonyl (C=O) groups is 1. The second kappa shape index (κ2) is 9.16. The number of piperidine rings is 2. The number of carbonyl (C=O) groups excluding carboxylic acids is 1. The van der Waals surface area contributed by atoms with Crippen molar-refractivity contribution in [2.24, 2.45) is 5.92 Å². The minimum Gasteiger partial charge on any atom is -0.396 e. The van der Waals surface area contributed by atoms with Gasteiger partial charge in [-0.3, -0.25) is 9.69 Å². The lowest BCUT2D eigenvalue weighted by Crippen LogP contribution is -2.50. The third-order valence-electron chi connectivity index (χ3n) is 6.21. The quantitative estimate of drug-likeness (QED) is 0.799. The molecule has 24 heavy (non-hydrogen) atoms. The SMILES string of the molecule is O=C(CCCN1CCCC1)N1CCC(N2CCC[C@@H](CO)C2)CC1. The van der Waals surface area contributed by atoms with Crippen LogP contribution < -0.4 is 0 Å². The molecule has 0 spiro atoms. The van der Waals surface area contributed by atoms with Crippen LogP contribution in [-0.4, -0.2) is 84.2 Å². The topological polar surface area (TPSA) is 47.0 Å². The first-order chi connectivity index (χ1) is 11.8. The maximum atomic E-state index is 12.4. The summed E-state index contributed by atoms with van der Waals surface area (Å²) in [5, 5.41) is 9.40. The van der Waals surface area contributed by atoms with Crippen molar-refractivity contribution in [1.82, 2.24) is 14.7 Å². The molecule has 0 aromatic carbocycles. The van der Waals surface area contributed by atoms with Crippen molar-refractivity contribution in [3.8, 4) is 0 Å². The minimum absolute atomic E-state index is 0.324. The summed E-state index contributed by atoms with van der Waals surface area (Å²) in [5.41, 5.74) is 0. The Balaban J connectivity index is 1.34.